The molecule has 1 saturated heterocycles. The minimum absolute atomic E-state index is 0.00318. The monoisotopic (exact) mass is 333 g/mol. The molecule has 1 aromatic carbocycles. The Labute approximate surface area is 131 Å². The maximum Gasteiger partial charge on any atom is 0.401 e. The Morgan fingerprint density at radius 3 is 2.70 bits per heavy atom. The number of likely N-dealkylation sites (tertiary alicyclic amines) is 1. The number of carbonyl (C=O) groups excluding carboxylic acids is 1. The van der Waals surface area contributed by atoms with E-state index in [4.69, 9.17) is 0 Å². The van der Waals surface area contributed by atoms with Crippen LogP contribution in [0, 0.1) is 11.7 Å². The molecular weight excluding hydrogens is 314 g/mol. The van der Waals surface area contributed by atoms with Gasteiger partial charge >= 0.3 is 12.2 Å². The first-order valence-corrected chi connectivity index (χ1v) is 7.38. The number of carbonyl (C=O) groups is 1. The summed E-state index contributed by atoms with van der Waals surface area (Å²) in [6, 6.07) is 5.66. The Balaban J connectivity index is 1.66. The van der Waals surface area contributed by atoms with Crippen LogP contribution in [0.5, 0.6) is 0 Å². The number of urea groups is 1. The molecule has 2 N–H and O–H groups in total. The van der Waals surface area contributed by atoms with Gasteiger partial charge in [0.05, 0.1) is 6.54 Å². The Hall–Kier alpha value is -1.83. The number of benzene rings is 1. The predicted molar refractivity (Wildman–Crippen MR) is 77.2 cm³/mol. The van der Waals surface area contributed by atoms with Gasteiger partial charge < -0.3 is 10.6 Å². The third kappa shape index (κ3) is 6.05. The molecule has 0 aliphatic carbocycles. The van der Waals surface area contributed by atoms with Crippen molar-refractivity contribution in [1.29, 1.82) is 0 Å². The van der Waals surface area contributed by atoms with Crippen molar-refractivity contribution >= 4 is 6.03 Å². The van der Waals surface area contributed by atoms with Gasteiger partial charge in [-0.15, -0.1) is 0 Å². The number of hydrogen-bond donors (Lipinski definition) is 2. The van der Waals surface area contributed by atoms with Gasteiger partial charge in [0.15, 0.2) is 0 Å². The summed E-state index contributed by atoms with van der Waals surface area (Å²) in [5.74, 6) is -0.400. The van der Waals surface area contributed by atoms with Gasteiger partial charge in [0.2, 0.25) is 0 Å². The quantitative estimate of drug-likeness (QED) is 0.813. The van der Waals surface area contributed by atoms with Crippen LogP contribution in [0.15, 0.2) is 24.3 Å². The van der Waals surface area contributed by atoms with Crippen molar-refractivity contribution in [3.05, 3.63) is 35.6 Å². The summed E-state index contributed by atoms with van der Waals surface area (Å²) in [6.07, 6.45) is -3.58. The van der Waals surface area contributed by atoms with E-state index in [1.54, 1.807) is 18.2 Å². The summed E-state index contributed by atoms with van der Waals surface area (Å²) in [5.41, 5.74) is 0.375. The van der Waals surface area contributed by atoms with E-state index in [1.165, 1.54) is 11.0 Å². The third-order valence-corrected chi connectivity index (χ3v) is 3.72. The van der Waals surface area contributed by atoms with Gasteiger partial charge in [-0.3, -0.25) is 4.90 Å². The van der Waals surface area contributed by atoms with Crippen LogP contribution in [0.3, 0.4) is 0 Å². The normalized spacial score (nSPS) is 18.9. The van der Waals surface area contributed by atoms with Crippen molar-refractivity contribution in [2.24, 2.45) is 5.92 Å². The fraction of sp³-hybridized carbons (Fsp3) is 0.533. The molecule has 8 heteroatoms. The lowest BCUT2D eigenvalue weighted by molar-refractivity contribution is -0.143. The molecule has 0 unspecified atom stereocenters. The molecule has 2 amide bonds. The Bertz CT molecular complexity index is 536. The summed E-state index contributed by atoms with van der Waals surface area (Å²) >= 11 is 0. The first-order chi connectivity index (χ1) is 10.8. The van der Waals surface area contributed by atoms with Crippen LogP contribution >= 0.6 is 0 Å². The van der Waals surface area contributed by atoms with E-state index in [1.807, 2.05) is 0 Å². The molecule has 0 bridgehead atoms. The van der Waals surface area contributed by atoms with Crippen LogP contribution in [0.1, 0.15) is 12.0 Å². The molecule has 2 rings (SSSR count). The zero-order chi connectivity index (χ0) is 16.9. The first kappa shape index (κ1) is 17.5. The number of nitrogens with zero attached hydrogens (tertiary/aromatic N) is 1. The van der Waals surface area contributed by atoms with Crippen LogP contribution in [0.25, 0.3) is 0 Å². The summed E-state index contributed by atoms with van der Waals surface area (Å²) in [6.45, 7) is 0.139. The Morgan fingerprint density at radius 2 is 2.00 bits per heavy atom. The van der Waals surface area contributed by atoms with Gasteiger partial charge in [-0.2, -0.15) is 13.2 Å². The molecule has 0 aromatic heterocycles. The molecule has 1 atom stereocenters. The summed E-state index contributed by atoms with van der Waals surface area (Å²) < 4.78 is 50.3. The Kier molecular flexibility index (Phi) is 5.81. The average molecular weight is 333 g/mol. The van der Waals surface area contributed by atoms with E-state index >= 15 is 0 Å². The second kappa shape index (κ2) is 7.63. The summed E-state index contributed by atoms with van der Waals surface area (Å²) in [7, 11) is 0. The maximum absolute atomic E-state index is 13.4. The highest BCUT2D eigenvalue weighted by Crippen LogP contribution is 2.22. The smallest absolute Gasteiger partial charge is 0.338 e. The van der Waals surface area contributed by atoms with Gasteiger partial charge in [-0.25, -0.2) is 9.18 Å². The van der Waals surface area contributed by atoms with Gasteiger partial charge in [0.25, 0.3) is 0 Å². The van der Waals surface area contributed by atoms with Crippen LogP contribution in [0.2, 0.25) is 0 Å². The summed E-state index contributed by atoms with van der Waals surface area (Å²) in [4.78, 5) is 13.0. The number of nitrogens with one attached hydrogen (secondary N) is 2. The first-order valence-electron chi connectivity index (χ1n) is 7.38. The lowest BCUT2D eigenvalue weighted by Crippen LogP contribution is -2.39. The Morgan fingerprint density at radius 1 is 1.26 bits per heavy atom. The second-order valence-electron chi connectivity index (χ2n) is 5.66. The zero-order valence-corrected chi connectivity index (χ0v) is 12.5. The largest absolute Gasteiger partial charge is 0.401 e. The molecule has 0 saturated carbocycles. The van der Waals surface area contributed by atoms with Crippen LogP contribution in [0.4, 0.5) is 22.4 Å². The highest BCUT2D eigenvalue weighted by molar-refractivity contribution is 5.73. The highest BCUT2D eigenvalue weighted by Gasteiger charge is 2.34. The fourth-order valence-electron chi connectivity index (χ4n) is 2.59. The number of hydrogen-bond acceptors (Lipinski definition) is 2. The van der Waals surface area contributed by atoms with Crippen molar-refractivity contribution in [1.82, 2.24) is 15.5 Å². The lowest BCUT2D eigenvalue weighted by Gasteiger charge is -2.18. The van der Waals surface area contributed by atoms with Crippen molar-refractivity contribution < 1.29 is 22.4 Å². The third-order valence-electron chi connectivity index (χ3n) is 3.72. The van der Waals surface area contributed by atoms with E-state index in [9.17, 15) is 22.4 Å². The van der Waals surface area contributed by atoms with Crippen molar-refractivity contribution in [3.8, 4) is 0 Å². The molecular formula is C15H19F4N3O. The maximum atomic E-state index is 13.4. The predicted octanol–water partition coefficient (Wildman–Crippen LogP) is 2.51. The molecule has 0 radical (unpaired) electrons. The fourth-order valence-corrected chi connectivity index (χ4v) is 2.59. The van der Waals surface area contributed by atoms with Crippen LogP contribution in [-0.2, 0) is 6.54 Å². The van der Waals surface area contributed by atoms with Crippen LogP contribution < -0.4 is 10.6 Å². The van der Waals surface area contributed by atoms with Gasteiger partial charge in [-0.05, 0) is 24.9 Å². The molecule has 1 aromatic rings. The molecule has 0 spiro atoms. The minimum atomic E-state index is -4.19. The molecule has 128 valence electrons. The lowest BCUT2D eigenvalue weighted by atomic mass is 10.1. The number of alkyl halides is 3. The molecule has 1 heterocycles. The highest BCUT2D eigenvalue weighted by atomic mass is 19.4. The van der Waals surface area contributed by atoms with Crippen molar-refractivity contribution in [2.75, 3.05) is 26.2 Å². The van der Waals surface area contributed by atoms with Gasteiger partial charge in [0.1, 0.15) is 5.82 Å². The van der Waals surface area contributed by atoms with E-state index in [0.717, 1.165) is 0 Å². The van der Waals surface area contributed by atoms with E-state index in [2.05, 4.69) is 10.6 Å². The van der Waals surface area contributed by atoms with E-state index in [0.29, 0.717) is 31.6 Å². The van der Waals surface area contributed by atoms with Crippen molar-refractivity contribution in [3.63, 3.8) is 0 Å². The van der Waals surface area contributed by atoms with Gasteiger partial charge in [-0.1, -0.05) is 18.2 Å². The number of halogens is 4. The number of amides is 2. The van der Waals surface area contributed by atoms with Crippen molar-refractivity contribution in [2.45, 2.75) is 19.1 Å². The molecule has 4 nitrogen and oxygen atoms in total. The topological polar surface area (TPSA) is 44.4 Å². The zero-order valence-electron chi connectivity index (χ0n) is 12.5. The average Bonchev–Trinajstić information content (AvgIpc) is 2.89. The summed E-state index contributed by atoms with van der Waals surface area (Å²) in [5, 5.41) is 5.15. The minimum Gasteiger partial charge on any atom is -0.338 e. The van der Waals surface area contributed by atoms with E-state index in [-0.39, 0.29) is 12.5 Å². The van der Waals surface area contributed by atoms with Gasteiger partial charge in [0, 0.05) is 25.2 Å². The molecule has 1 fully saturated rings. The second-order valence-corrected chi connectivity index (χ2v) is 5.66. The standard InChI is InChI=1S/C15H19F4N3O/c16-13-4-2-1-3-12(13)8-21-14(23)20-7-11-5-6-22(9-11)10-15(17,18)19/h1-4,11H,5-10H2,(H2,20,21,23)/t11-/m0/s1. The SMILES string of the molecule is O=C(NCc1ccccc1F)NC[C@@H]1CCN(CC(F)(F)F)C1. The van der Waals surface area contributed by atoms with E-state index < -0.39 is 24.6 Å². The van der Waals surface area contributed by atoms with Crippen LogP contribution in [-0.4, -0.2) is 43.3 Å². The molecule has 23 heavy (non-hydrogen) atoms. The number of rotatable bonds is 5. The molecule has 1 aliphatic heterocycles. The molecule has 1 aliphatic rings.